The van der Waals surface area contributed by atoms with Crippen molar-refractivity contribution in [2.24, 2.45) is 0 Å². The molecule has 102 valence electrons. The van der Waals surface area contributed by atoms with E-state index in [-0.39, 0.29) is 12.2 Å². The van der Waals surface area contributed by atoms with Crippen LogP contribution >= 0.6 is 23.2 Å². The lowest BCUT2D eigenvalue weighted by Crippen LogP contribution is -2.12. The summed E-state index contributed by atoms with van der Waals surface area (Å²) in [6.07, 6.45) is 1.48. The van der Waals surface area contributed by atoms with Crippen molar-refractivity contribution in [3.63, 3.8) is 0 Å². The van der Waals surface area contributed by atoms with Crippen molar-refractivity contribution in [3.05, 3.63) is 39.4 Å². The van der Waals surface area contributed by atoms with Gasteiger partial charge in [-0.05, 0) is 17.7 Å². The van der Waals surface area contributed by atoms with Gasteiger partial charge in [0.2, 0.25) is 0 Å². The number of ether oxygens (including phenoxy) is 2. The van der Waals surface area contributed by atoms with E-state index in [1.807, 2.05) is 0 Å². The highest BCUT2D eigenvalue weighted by molar-refractivity contribution is 6.42. The maximum absolute atomic E-state index is 11.6. The van der Waals surface area contributed by atoms with Gasteiger partial charge in [-0.2, -0.15) is 0 Å². The molecule has 0 radical (unpaired) electrons. The van der Waals surface area contributed by atoms with Gasteiger partial charge in [-0.15, -0.1) is 0 Å². The Bertz CT molecular complexity index is 523. The van der Waals surface area contributed by atoms with E-state index in [1.54, 1.807) is 18.2 Å². The quantitative estimate of drug-likeness (QED) is 0.633. The van der Waals surface area contributed by atoms with Crippen molar-refractivity contribution in [1.29, 1.82) is 0 Å². The van der Waals surface area contributed by atoms with Gasteiger partial charge in [-0.25, -0.2) is 4.79 Å². The van der Waals surface area contributed by atoms with Gasteiger partial charge >= 0.3 is 11.9 Å². The van der Waals surface area contributed by atoms with Crippen LogP contribution in [-0.2, 0) is 19.1 Å². The van der Waals surface area contributed by atoms with E-state index < -0.39 is 11.9 Å². The standard InChI is InChI=1S/C13H12Cl2O4/c1-8(16)19-7-10(13(17)18-2)6-9-4-3-5-11(14)12(9)15/h3-6H,7H2,1-2H3/b10-6+. The summed E-state index contributed by atoms with van der Waals surface area (Å²) in [5.41, 5.74) is 0.712. The minimum absolute atomic E-state index is 0.168. The Labute approximate surface area is 120 Å². The highest BCUT2D eigenvalue weighted by Crippen LogP contribution is 2.27. The maximum atomic E-state index is 11.6. The highest BCUT2D eigenvalue weighted by atomic mass is 35.5. The summed E-state index contributed by atoms with van der Waals surface area (Å²) >= 11 is 11.9. The van der Waals surface area contributed by atoms with Crippen molar-refractivity contribution >= 4 is 41.2 Å². The van der Waals surface area contributed by atoms with E-state index >= 15 is 0 Å². The van der Waals surface area contributed by atoms with Crippen LogP contribution in [0.4, 0.5) is 0 Å². The van der Waals surface area contributed by atoms with Crippen molar-refractivity contribution < 1.29 is 19.1 Å². The fourth-order valence-corrected chi connectivity index (χ4v) is 1.65. The molecule has 0 spiro atoms. The van der Waals surface area contributed by atoms with Crippen LogP contribution in [0.1, 0.15) is 12.5 Å². The molecule has 0 aromatic heterocycles. The summed E-state index contributed by atoms with van der Waals surface area (Å²) < 4.78 is 9.40. The molecule has 1 rings (SSSR count). The van der Waals surface area contributed by atoms with E-state index in [0.717, 1.165) is 0 Å². The minimum Gasteiger partial charge on any atom is -0.466 e. The molecule has 0 aliphatic rings. The number of halogens is 2. The first-order chi connectivity index (χ1) is 8.95. The molecular formula is C13H12Cl2O4. The number of methoxy groups -OCH3 is 1. The molecule has 0 unspecified atom stereocenters. The molecule has 0 amide bonds. The van der Waals surface area contributed by atoms with E-state index in [4.69, 9.17) is 27.9 Å². The molecule has 1 aromatic rings. The Morgan fingerprint density at radius 3 is 2.58 bits per heavy atom. The topological polar surface area (TPSA) is 52.6 Å². The zero-order chi connectivity index (χ0) is 14.4. The van der Waals surface area contributed by atoms with Crippen LogP contribution in [0, 0.1) is 0 Å². The zero-order valence-electron chi connectivity index (χ0n) is 10.4. The number of hydrogen-bond acceptors (Lipinski definition) is 4. The second-order valence-corrected chi connectivity index (χ2v) is 4.37. The Balaban J connectivity index is 3.08. The minimum atomic E-state index is -0.600. The van der Waals surface area contributed by atoms with E-state index in [2.05, 4.69) is 4.74 Å². The largest absolute Gasteiger partial charge is 0.466 e. The summed E-state index contributed by atoms with van der Waals surface area (Å²) in [5.74, 6) is -1.09. The summed E-state index contributed by atoms with van der Waals surface area (Å²) in [6, 6.07) is 5.01. The van der Waals surface area contributed by atoms with Crippen molar-refractivity contribution in [3.8, 4) is 0 Å². The molecule has 1 aromatic carbocycles. The van der Waals surface area contributed by atoms with Crippen molar-refractivity contribution in [2.45, 2.75) is 6.92 Å². The van der Waals surface area contributed by atoms with Crippen LogP contribution < -0.4 is 0 Å². The predicted molar refractivity (Wildman–Crippen MR) is 73.1 cm³/mol. The summed E-state index contributed by atoms with van der Waals surface area (Å²) in [4.78, 5) is 22.4. The van der Waals surface area contributed by atoms with Crippen LogP contribution in [0.2, 0.25) is 10.0 Å². The Hall–Kier alpha value is -1.52. The van der Waals surface area contributed by atoms with E-state index in [1.165, 1.54) is 20.1 Å². The van der Waals surface area contributed by atoms with Crippen LogP contribution in [-0.4, -0.2) is 25.7 Å². The van der Waals surface area contributed by atoms with Crippen molar-refractivity contribution in [2.75, 3.05) is 13.7 Å². The monoisotopic (exact) mass is 302 g/mol. The smallest absolute Gasteiger partial charge is 0.337 e. The third kappa shape index (κ3) is 4.58. The molecule has 0 bridgehead atoms. The van der Waals surface area contributed by atoms with Crippen LogP contribution in [0.3, 0.4) is 0 Å². The number of carbonyl (C=O) groups excluding carboxylic acids is 2. The Kier molecular flexibility index (Phi) is 5.86. The predicted octanol–water partition coefficient (Wildman–Crippen LogP) is 3.11. The van der Waals surface area contributed by atoms with Gasteiger partial charge in [-0.3, -0.25) is 4.79 Å². The molecule has 6 heteroatoms. The number of esters is 2. The van der Waals surface area contributed by atoms with E-state index in [9.17, 15) is 9.59 Å². The first-order valence-corrected chi connectivity index (χ1v) is 6.07. The molecule has 0 fully saturated rings. The molecule has 0 aliphatic carbocycles. The Morgan fingerprint density at radius 2 is 2.00 bits per heavy atom. The third-order valence-electron chi connectivity index (χ3n) is 2.19. The van der Waals surface area contributed by atoms with Crippen LogP contribution in [0.15, 0.2) is 23.8 Å². The lowest BCUT2D eigenvalue weighted by atomic mass is 10.1. The average molecular weight is 303 g/mol. The molecular weight excluding hydrogens is 291 g/mol. The van der Waals surface area contributed by atoms with Crippen molar-refractivity contribution in [1.82, 2.24) is 0 Å². The van der Waals surface area contributed by atoms with Gasteiger partial charge in [-0.1, -0.05) is 35.3 Å². The number of benzene rings is 1. The van der Waals surface area contributed by atoms with Crippen LogP contribution in [0.25, 0.3) is 6.08 Å². The SMILES string of the molecule is COC(=O)/C(=C/c1cccc(Cl)c1Cl)COC(C)=O. The molecule has 19 heavy (non-hydrogen) atoms. The van der Waals surface area contributed by atoms with Crippen LogP contribution in [0.5, 0.6) is 0 Å². The molecule has 0 saturated carbocycles. The van der Waals surface area contributed by atoms with Gasteiger partial charge in [0.15, 0.2) is 0 Å². The molecule has 0 N–H and O–H groups in total. The lowest BCUT2D eigenvalue weighted by molar-refractivity contribution is -0.141. The fraction of sp³-hybridized carbons (Fsp3) is 0.231. The Morgan fingerprint density at radius 1 is 1.32 bits per heavy atom. The van der Waals surface area contributed by atoms with Gasteiger partial charge in [0.1, 0.15) is 6.61 Å². The van der Waals surface area contributed by atoms with Gasteiger partial charge < -0.3 is 9.47 Å². The average Bonchev–Trinajstić information content (AvgIpc) is 2.38. The number of hydrogen-bond donors (Lipinski definition) is 0. The third-order valence-corrected chi connectivity index (χ3v) is 3.02. The second kappa shape index (κ2) is 7.16. The summed E-state index contributed by atoms with van der Waals surface area (Å²) in [7, 11) is 1.24. The van der Waals surface area contributed by atoms with Gasteiger partial charge in [0, 0.05) is 6.92 Å². The molecule has 0 atom stereocenters. The zero-order valence-corrected chi connectivity index (χ0v) is 11.9. The lowest BCUT2D eigenvalue weighted by Gasteiger charge is -2.07. The summed E-state index contributed by atoms with van der Waals surface area (Å²) in [5, 5.41) is 0.681. The van der Waals surface area contributed by atoms with Gasteiger partial charge in [0.05, 0.1) is 22.7 Å². The molecule has 0 heterocycles. The fourth-order valence-electron chi connectivity index (χ4n) is 1.29. The van der Waals surface area contributed by atoms with E-state index in [0.29, 0.717) is 15.6 Å². The first-order valence-electron chi connectivity index (χ1n) is 5.32. The van der Waals surface area contributed by atoms with Gasteiger partial charge in [0.25, 0.3) is 0 Å². The number of rotatable bonds is 4. The summed E-state index contributed by atoms with van der Waals surface area (Å²) in [6.45, 7) is 1.06. The number of carbonyl (C=O) groups is 2. The first kappa shape index (κ1) is 15.5. The highest BCUT2D eigenvalue weighted by Gasteiger charge is 2.13. The normalized spacial score (nSPS) is 11.1. The molecule has 0 aliphatic heterocycles. The second-order valence-electron chi connectivity index (χ2n) is 3.58. The maximum Gasteiger partial charge on any atom is 0.337 e. The molecule has 4 nitrogen and oxygen atoms in total. The molecule has 0 saturated heterocycles.